The summed E-state index contributed by atoms with van der Waals surface area (Å²) in [6, 6.07) is 0. The van der Waals surface area contributed by atoms with Gasteiger partial charge in [0.1, 0.15) is 0 Å². The molecule has 0 spiro atoms. The third kappa shape index (κ3) is 4.75. The Morgan fingerprint density at radius 1 is 1.64 bits per heavy atom. The number of carbonyl (C=O) groups is 1. The van der Waals surface area contributed by atoms with Gasteiger partial charge in [-0.1, -0.05) is 6.08 Å². The fourth-order valence-corrected chi connectivity index (χ4v) is 1.11. The van der Waals surface area contributed by atoms with E-state index in [1.165, 1.54) is 0 Å². The molecule has 0 aromatic rings. The highest BCUT2D eigenvalue weighted by Crippen LogP contribution is 1.93. The van der Waals surface area contributed by atoms with Gasteiger partial charge >= 0.3 is 5.97 Å². The molecule has 0 atom stereocenters. The maximum atomic E-state index is 10.9. The van der Waals surface area contributed by atoms with Crippen molar-refractivity contribution in [3.8, 4) is 0 Å². The minimum Gasteiger partial charge on any atom is -0.519 e. The summed E-state index contributed by atoms with van der Waals surface area (Å²) in [6.07, 6.45) is 2.33. The molecule has 0 amide bonds. The first kappa shape index (κ1) is 10.4. The third-order valence-electron chi connectivity index (χ3n) is 1.28. The van der Waals surface area contributed by atoms with Crippen molar-refractivity contribution in [2.75, 3.05) is 13.3 Å². The Hall–Kier alpha value is -0.613. The van der Waals surface area contributed by atoms with Crippen LogP contribution in [0.3, 0.4) is 0 Å². The summed E-state index contributed by atoms with van der Waals surface area (Å²) in [6.45, 7) is 3.55. The number of methoxy groups -OCH3 is 1. The monoisotopic (exact) mass is 174 g/mol. The molecule has 0 heterocycles. The minimum atomic E-state index is -0.801. The number of hydrogen-bond donors (Lipinski definition) is 0. The van der Waals surface area contributed by atoms with E-state index in [-0.39, 0.29) is 5.97 Å². The number of ether oxygens (including phenoxy) is 1. The van der Waals surface area contributed by atoms with Gasteiger partial charge in [0, 0.05) is 12.7 Å². The number of carbonyl (C=O) groups excluding carboxylic acids is 1. The van der Waals surface area contributed by atoms with Crippen molar-refractivity contribution in [1.29, 1.82) is 0 Å². The van der Waals surface area contributed by atoms with Crippen LogP contribution in [-0.2, 0) is 14.0 Å². The lowest BCUT2D eigenvalue weighted by molar-refractivity contribution is -0.130. The SMILES string of the molecule is CC=C(C)C(=O)O[SiH2]COC. The average molecular weight is 174 g/mol. The molecule has 4 heteroatoms. The second-order valence-electron chi connectivity index (χ2n) is 2.10. The lowest BCUT2D eigenvalue weighted by Crippen LogP contribution is -2.13. The quantitative estimate of drug-likeness (QED) is 0.346. The summed E-state index contributed by atoms with van der Waals surface area (Å²) in [4.78, 5) is 10.9. The van der Waals surface area contributed by atoms with Crippen molar-refractivity contribution in [3.05, 3.63) is 11.6 Å². The van der Waals surface area contributed by atoms with Crippen LogP contribution in [0.15, 0.2) is 11.6 Å². The molecule has 0 aromatic carbocycles. The molecule has 0 radical (unpaired) electrons. The van der Waals surface area contributed by atoms with Crippen LogP contribution >= 0.6 is 0 Å². The van der Waals surface area contributed by atoms with Crippen LogP contribution in [-0.4, -0.2) is 29.1 Å². The Morgan fingerprint density at radius 2 is 2.27 bits per heavy atom. The zero-order chi connectivity index (χ0) is 8.69. The molecule has 0 bridgehead atoms. The van der Waals surface area contributed by atoms with Crippen LogP contribution in [0.1, 0.15) is 13.8 Å². The van der Waals surface area contributed by atoms with Crippen LogP contribution in [0.4, 0.5) is 0 Å². The first-order valence-electron chi connectivity index (χ1n) is 3.51. The van der Waals surface area contributed by atoms with Gasteiger partial charge in [0.15, 0.2) is 0 Å². The largest absolute Gasteiger partial charge is 0.519 e. The summed E-state index contributed by atoms with van der Waals surface area (Å²) in [5.41, 5.74) is 0.661. The fourth-order valence-electron chi connectivity index (χ4n) is 0.449. The topological polar surface area (TPSA) is 35.5 Å². The van der Waals surface area contributed by atoms with Crippen molar-refractivity contribution >= 4 is 15.7 Å². The molecule has 3 nitrogen and oxygen atoms in total. The number of rotatable bonds is 4. The van der Waals surface area contributed by atoms with E-state index in [4.69, 9.17) is 9.16 Å². The van der Waals surface area contributed by atoms with E-state index in [0.717, 1.165) is 0 Å². The molecule has 0 N–H and O–H groups in total. The molecule has 0 unspecified atom stereocenters. The van der Waals surface area contributed by atoms with Crippen LogP contribution in [0.2, 0.25) is 0 Å². The maximum absolute atomic E-state index is 10.9. The highest BCUT2D eigenvalue weighted by atomic mass is 28.2. The van der Waals surface area contributed by atoms with Crippen molar-refractivity contribution in [3.63, 3.8) is 0 Å². The lowest BCUT2D eigenvalue weighted by atomic mass is 10.3. The predicted molar refractivity (Wildman–Crippen MR) is 45.9 cm³/mol. The van der Waals surface area contributed by atoms with Gasteiger partial charge in [0.25, 0.3) is 0 Å². The number of allylic oxidation sites excluding steroid dienone is 1. The zero-order valence-corrected chi connectivity index (χ0v) is 8.63. The van der Waals surface area contributed by atoms with E-state index < -0.39 is 9.76 Å². The van der Waals surface area contributed by atoms with Crippen LogP contribution < -0.4 is 0 Å². The standard InChI is InChI=1S/C7H14O3Si/c1-4-6(2)7(8)10-11-5-9-3/h4H,5,11H2,1-3H3. The van der Waals surface area contributed by atoms with E-state index in [1.807, 2.05) is 6.92 Å². The molecule has 0 aliphatic rings. The van der Waals surface area contributed by atoms with Crippen molar-refractivity contribution in [2.45, 2.75) is 13.8 Å². The molecule has 0 aliphatic carbocycles. The Balaban J connectivity index is 3.53. The highest BCUT2D eigenvalue weighted by Gasteiger charge is 2.02. The van der Waals surface area contributed by atoms with E-state index in [0.29, 0.717) is 11.8 Å². The Labute approximate surface area is 69.3 Å². The van der Waals surface area contributed by atoms with Crippen molar-refractivity contribution in [1.82, 2.24) is 0 Å². The van der Waals surface area contributed by atoms with Gasteiger partial charge in [-0.15, -0.1) is 0 Å². The van der Waals surface area contributed by atoms with Gasteiger partial charge in [0.2, 0.25) is 9.76 Å². The molecular weight excluding hydrogens is 160 g/mol. The molecule has 11 heavy (non-hydrogen) atoms. The molecule has 64 valence electrons. The predicted octanol–water partition coefficient (Wildman–Crippen LogP) is 0.183. The Kier molecular flexibility index (Phi) is 5.78. The van der Waals surface area contributed by atoms with Gasteiger partial charge in [0.05, 0.1) is 6.23 Å². The first-order chi connectivity index (χ1) is 5.22. The average Bonchev–Trinajstić information content (AvgIpc) is 2.03. The van der Waals surface area contributed by atoms with Crippen molar-refractivity contribution < 1.29 is 14.0 Å². The Bertz CT molecular complexity index is 154. The summed E-state index contributed by atoms with van der Waals surface area (Å²) >= 11 is 0. The van der Waals surface area contributed by atoms with E-state index in [1.54, 1.807) is 20.1 Å². The summed E-state index contributed by atoms with van der Waals surface area (Å²) in [5.74, 6) is -0.212. The van der Waals surface area contributed by atoms with Gasteiger partial charge in [-0.25, -0.2) is 4.79 Å². The maximum Gasteiger partial charge on any atom is 0.319 e. The highest BCUT2D eigenvalue weighted by molar-refractivity contribution is 6.31. The third-order valence-corrected chi connectivity index (χ3v) is 2.32. The molecule has 0 aliphatic heterocycles. The van der Waals surface area contributed by atoms with Gasteiger partial charge in [-0.3, -0.25) is 0 Å². The molecule has 0 saturated heterocycles. The smallest absolute Gasteiger partial charge is 0.319 e. The molecule has 0 rings (SSSR count). The fraction of sp³-hybridized carbons (Fsp3) is 0.571. The molecule has 0 aromatic heterocycles. The van der Waals surface area contributed by atoms with Gasteiger partial charge < -0.3 is 9.16 Å². The number of hydrogen-bond acceptors (Lipinski definition) is 3. The van der Waals surface area contributed by atoms with E-state index >= 15 is 0 Å². The minimum absolute atomic E-state index is 0.212. The zero-order valence-electron chi connectivity index (χ0n) is 7.22. The summed E-state index contributed by atoms with van der Waals surface area (Å²) in [5, 5.41) is 0. The Morgan fingerprint density at radius 3 is 2.73 bits per heavy atom. The van der Waals surface area contributed by atoms with Crippen LogP contribution in [0.5, 0.6) is 0 Å². The van der Waals surface area contributed by atoms with Crippen LogP contribution in [0.25, 0.3) is 0 Å². The second-order valence-corrected chi connectivity index (χ2v) is 3.21. The van der Waals surface area contributed by atoms with Crippen LogP contribution in [0, 0.1) is 0 Å². The van der Waals surface area contributed by atoms with Gasteiger partial charge in [-0.05, 0) is 13.8 Å². The summed E-state index contributed by atoms with van der Waals surface area (Å²) in [7, 11) is 0.800. The van der Waals surface area contributed by atoms with Gasteiger partial charge in [-0.2, -0.15) is 0 Å². The molecule has 0 saturated carbocycles. The van der Waals surface area contributed by atoms with Crippen molar-refractivity contribution in [2.24, 2.45) is 0 Å². The molecular formula is C7H14O3Si. The normalized spacial score (nSPS) is 12.5. The lowest BCUT2D eigenvalue weighted by Gasteiger charge is -2.02. The van der Waals surface area contributed by atoms with E-state index in [2.05, 4.69) is 0 Å². The molecule has 0 fully saturated rings. The first-order valence-corrected chi connectivity index (χ1v) is 5.09. The summed E-state index contributed by atoms with van der Waals surface area (Å²) < 4.78 is 9.71. The van der Waals surface area contributed by atoms with E-state index in [9.17, 15) is 4.79 Å². The second kappa shape index (κ2) is 6.12.